The second-order valence-corrected chi connectivity index (χ2v) is 6.61. The summed E-state index contributed by atoms with van der Waals surface area (Å²) in [6, 6.07) is 2.82. The zero-order valence-corrected chi connectivity index (χ0v) is 14.0. The zero-order valence-electron chi connectivity index (χ0n) is 14.0. The third-order valence-corrected chi connectivity index (χ3v) is 3.63. The van der Waals surface area contributed by atoms with Crippen molar-refractivity contribution in [1.29, 1.82) is 0 Å². The Hall–Kier alpha value is -2.15. The van der Waals surface area contributed by atoms with Crippen LogP contribution in [0.1, 0.15) is 49.5 Å². The van der Waals surface area contributed by atoms with Crippen molar-refractivity contribution in [2.24, 2.45) is 5.92 Å². The summed E-state index contributed by atoms with van der Waals surface area (Å²) < 4.78 is 0. The molecule has 1 amide bonds. The third-order valence-electron chi connectivity index (χ3n) is 3.63. The Morgan fingerprint density at radius 3 is 2.61 bits per heavy atom. The molecule has 0 fully saturated rings. The van der Waals surface area contributed by atoms with E-state index in [0.29, 0.717) is 17.9 Å². The maximum Gasteiger partial charge on any atom is 0.293 e. The van der Waals surface area contributed by atoms with Gasteiger partial charge in [0.2, 0.25) is 0 Å². The van der Waals surface area contributed by atoms with Gasteiger partial charge in [0, 0.05) is 12.6 Å². The van der Waals surface area contributed by atoms with Gasteiger partial charge in [-0.3, -0.25) is 14.9 Å². The molecule has 1 aromatic carbocycles. The number of aryl methyl sites for hydroxylation is 1. The summed E-state index contributed by atoms with van der Waals surface area (Å²) in [4.78, 5) is 22.6. The molecular weight excluding hydrogens is 298 g/mol. The Bertz CT molecular complexity index is 597. The van der Waals surface area contributed by atoms with Gasteiger partial charge in [0.05, 0.1) is 16.1 Å². The highest BCUT2D eigenvalue weighted by Crippen LogP contribution is 2.27. The van der Waals surface area contributed by atoms with Crippen molar-refractivity contribution in [2.75, 3.05) is 12.3 Å². The summed E-state index contributed by atoms with van der Waals surface area (Å²) in [6.45, 7) is 7.47. The van der Waals surface area contributed by atoms with Crippen LogP contribution in [0.25, 0.3) is 0 Å². The van der Waals surface area contributed by atoms with Crippen molar-refractivity contribution < 1.29 is 14.8 Å². The standard InChI is InChI=1S/C16H25N3O4/c1-10(2)5-6-16(4,21)9-18-15(20)12-7-11(3)8-13(14(12)17)19(22)23/h7-8,10,21H,5-6,9,17H2,1-4H3,(H,18,20). The van der Waals surface area contributed by atoms with Crippen LogP contribution < -0.4 is 11.1 Å². The average Bonchev–Trinajstić information content (AvgIpc) is 2.44. The summed E-state index contributed by atoms with van der Waals surface area (Å²) in [7, 11) is 0. The van der Waals surface area contributed by atoms with Crippen LogP contribution in [0.4, 0.5) is 11.4 Å². The molecule has 1 aromatic rings. The van der Waals surface area contributed by atoms with Crippen LogP contribution in [0.3, 0.4) is 0 Å². The number of rotatable bonds is 7. The van der Waals surface area contributed by atoms with Crippen LogP contribution in [0.5, 0.6) is 0 Å². The van der Waals surface area contributed by atoms with Gasteiger partial charge in [0.15, 0.2) is 0 Å². The zero-order chi connectivity index (χ0) is 17.8. The summed E-state index contributed by atoms with van der Waals surface area (Å²) in [5, 5.41) is 23.8. The van der Waals surface area contributed by atoms with Gasteiger partial charge in [-0.25, -0.2) is 0 Å². The smallest absolute Gasteiger partial charge is 0.293 e. The molecule has 7 heteroatoms. The van der Waals surface area contributed by atoms with E-state index in [9.17, 15) is 20.0 Å². The van der Waals surface area contributed by atoms with E-state index in [1.165, 1.54) is 12.1 Å². The van der Waals surface area contributed by atoms with Gasteiger partial charge in [-0.05, 0) is 44.2 Å². The topological polar surface area (TPSA) is 118 Å². The minimum atomic E-state index is -1.04. The van der Waals surface area contributed by atoms with Gasteiger partial charge < -0.3 is 16.2 Å². The van der Waals surface area contributed by atoms with Crippen LogP contribution in [-0.2, 0) is 0 Å². The maximum atomic E-state index is 12.3. The van der Waals surface area contributed by atoms with Crippen LogP contribution in [0, 0.1) is 23.0 Å². The second-order valence-electron chi connectivity index (χ2n) is 6.61. The Kier molecular flexibility index (Phi) is 6.09. The number of carbonyl (C=O) groups is 1. The number of nitrogens with one attached hydrogen (secondary N) is 1. The van der Waals surface area contributed by atoms with Gasteiger partial charge >= 0.3 is 0 Å². The van der Waals surface area contributed by atoms with E-state index in [2.05, 4.69) is 19.2 Å². The van der Waals surface area contributed by atoms with Crippen LogP contribution >= 0.6 is 0 Å². The molecule has 1 rings (SSSR count). The fraction of sp³-hybridized carbons (Fsp3) is 0.562. The number of hydrogen-bond donors (Lipinski definition) is 3. The van der Waals surface area contributed by atoms with E-state index in [0.717, 1.165) is 6.42 Å². The quantitative estimate of drug-likeness (QED) is 0.404. The molecule has 4 N–H and O–H groups in total. The number of carbonyl (C=O) groups excluding carboxylic acids is 1. The van der Waals surface area contributed by atoms with Crippen LogP contribution in [0.2, 0.25) is 0 Å². The highest BCUT2D eigenvalue weighted by Gasteiger charge is 2.24. The number of nitro benzene ring substituents is 1. The van der Waals surface area contributed by atoms with Crippen molar-refractivity contribution in [3.8, 4) is 0 Å². The molecular formula is C16H25N3O4. The first-order valence-electron chi connectivity index (χ1n) is 7.58. The lowest BCUT2D eigenvalue weighted by molar-refractivity contribution is -0.384. The predicted octanol–water partition coefficient (Wildman–Crippen LogP) is 2.40. The second kappa shape index (κ2) is 7.41. The number of hydrogen-bond acceptors (Lipinski definition) is 5. The molecule has 0 aromatic heterocycles. The Labute approximate surface area is 136 Å². The fourth-order valence-corrected chi connectivity index (χ4v) is 2.17. The van der Waals surface area contributed by atoms with Gasteiger partial charge in [0.25, 0.3) is 11.6 Å². The van der Waals surface area contributed by atoms with Crippen molar-refractivity contribution >= 4 is 17.3 Å². The lowest BCUT2D eigenvalue weighted by Crippen LogP contribution is -2.41. The predicted molar refractivity (Wildman–Crippen MR) is 89.3 cm³/mol. The molecule has 0 spiro atoms. The molecule has 0 radical (unpaired) electrons. The monoisotopic (exact) mass is 323 g/mol. The van der Waals surface area contributed by atoms with E-state index in [4.69, 9.17) is 5.73 Å². The molecule has 1 unspecified atom stereocenters. The Morgan fingerprint density at radius 2 is 2.09 bits per heavy atom. The minimum Gasteiger partial charge on any atom is -0.393 e. The number of benzene rings is 1. The normalized spacial score (nSPS) is 13.7. The SMILES string of the molecule is Cc1cc(C(=O)NCC(C)(O)CCC(C)C)c(N)c([N+](=O)[O-])c1. The van der Waals surface area contributed by atoms with Gasteiger partial charge in [0.1, 0.15) is 5.69 Å². The average molecular weight is 323 g/mol. The van der Waals surface area contributed by atoms with Crippen molar-refractivity contribution in [3.63, 3.8) is 0 Å². The number of anilines is 1. The number of nitro groups is 1. The highest BCUT2D eigenvalue weighted by molar-refractivity contribution is 6.01. The summed E-state index contributed by atoms with van der Waals surface area (Å²) in [6.07, 6.45) is 1.38. The molecule has 23 heavy (non-hydrogen) atoms. The Morgan fingerprint density at radius 1 is 1.48 bits per heavy atom. The molecule has 0 aliphatic rings. The molecule has 0 heterocycles. The van der Waals surface area contributed by atoms with Crippen molar-refractivity contribution in [1.82, 2.24) is 5.32 Å². The van der Waals surface area contributed by atoms with E-state index in [-0.39, 0.29) is 23.5 Å². The van der Waals surface area contributed by atoms with Gasteiger partial charge in [-0.15, -0.1) is 0 Å². The first-order valence-corrected chi connectivity index (χ1v) is 7.58. The van der Waals surface area contributed by atoms with Crippen LogP contribution in [-0.4, -0.2) is 28.1 Å². The lowest BCUT2D eigenvalue weighted by atomic mass is 9.95. The number of nitrogens with zero attached hydrogens (tertiary/aromatic N) is 1. The molecule has 0 saturated heterocycles. The maximum absolute atomic E-state index is 12.3. The van der Waals surface area contributed by atoms with Gasteiger partial charge in [-0.1, -0.05) is 13.8 Å². The molecule has 0 bridgehead atoms. The molecule has 1 atom stereocenters. The highest BCUT2D eigenvalue weighted by atomic mass is 16.6. The summed E-state index contributed by atoms with van der Waals surface area (Å²) >= 11 is 0. The largest absolute Gasteiger partial charge is 0.393 e. The van der Waals surface area contributed by atoms with E-state index >= 15 is 0 Å². The first kappa shape index (κ1) is 18.9. The van der Waals surface area contributed by atoms with Crippen molar-refractivity contribution in [2.45, 2.75) is 46.1 Å². The fourth-order valence-electron chi connectivity index (χ4n) is 2.17. The minimum absolute atomic E-state index is 0.0522. The molecule has 0 saturated carbocycles. The summed E-state index contributed by atoms with van der Waals surface area (Å²) in [5.41, 5.74) is 4.86. The van der Waals surface area contributed by atoms with Crippen molar-refractivity contribution in [3.05, 3.63) is 33.4 Å². The van der Waals surface area contributed by atoms with Crippen LogP contribution in [0.15, 0.2) is 12.1 Å². The molecule has 128 valence electrons. The van der Waals surface area contributed by atoms with E-state index in [1.807, 2.05) is 0 Å². The first-order chi connectivity index (χ1) is 10.5. The molecule has 7 nitrogen and oxygen atoms in total. The lowest BCUT2D eigenvalue weighted by Gasteiger charge is -2.24. The number of aliphatic hydroxyl groups is 1. The van der Waals surface area contributed by atoms with E-state index in [1.54, 1.807) is 13.8 Å². The number of amides is 1. The van der Waals surface area contributed by atoms with Gasteiger partial charge in [-0.2, -0.15) is 0 Å². The number of nitrogen functional groups attached to an aromatic ring is 1. The Balaban J connectivity index is 2.85. The third kappa shape index (κ3) is 5.52. The molecule has 0 aliphatic carbocycles. The van der Waals surface area contributed by atoms with E-state index < -0.39 is 16.4 Å². The number of nitrogens with two attached hydrogens (primary N) is 1. The summed E-state index contributed by atoms with van der Waals surface area (Å²) in [5.74, 6) is -0.0774. The molecule has 0 aliphatic heterocycles.